The van der Waals surface area contributed by atoms with Crippen LogP contribution < -0.4 is 10.1 Å². The molecule has 15 heavy (non-hydrogen) atoms. The summed E-state index contributed by atoms with van der Waals surface area (Å²) in [5.41, 5.74) is 2.22. The Kier molecular flexibility index (Phi) is 3.46. The van der Waals surface area contributed by atoms with E-state index in [2.05, 4.69) is 5.32 Å². The summed E-state index contributed by atoms with van der Waals surface area (Å²) in [6, 6.07) is 3.79. The third-order valence-corrected chi connectivity index (χ3v) is 2.85. The van der Waals surface area contributed by atoms with Crippen LogP contribution in [0.3, 0.4) is 0 Å². The fraction of sp³-hybridized carbons (Fsp3) is 0.455. The summed E-state index contributed by atoms with van der Waals surface area (Å²) in [7, 11) is 1.93. The van der Waals surface area contributed by atoms with Gasteiger partial charge in [-0.2, -0.15) is 0 Å². The first-order chi connectivity index (χ1) is 7.33. The molecule has 0 saturated carbocycles. The van der Waals surface area contributed by atoms with E-state index in [1.165, 1.54) is 0 Å². The number of rotatable bonds is 3. The van der Waals surface area contributed by atoms with E-state index in [9.17, 15) is 0 Å². The molecule has 3 nitrogen and oxygen atoms in total. The Bertz CT molecular complexity index is 355. The molecule has 0 bridgehead atoms. The molecule has 2 rings (SSSR count). The molecule has 4 heteroatoms. The second-order valence-corrected chi connectivity index (χ2v) is 3.87. The van der Waals surface area contributed by atoms with Gasteiger partial charge in [-0.3, -0.25) is 0 Å². The summed E-state index contributed by atoms with van der Waals surface area (Å²) >= 11 is 6.16. The Morgan fingerprint density at radius 2 is 2.33 bits per heavy atom. The second-order valence-electron chi connectivity index (χ2n) is 3.47. The minimum atomic E-state index is 0.333. The molecule has 1 N–H and O–H groups in total. The Hall–Kier alpha value is -0.770. The van der Waals surface area contributed by atoms with Gasteiger partial charge in [-0.1, -0.05) is 11.6 Å². The lowest BCUT2D eigenvalue weighted by Gasteiger charge is -2.21. The molecule has 82 valence electrons. The molecule has 0 fully saturated rings. The van der Waals surface area contributed by atoms with E-state index < -0.39 is 0 Å². The van der Waals surface area contributed by atoms with Crippen LogP contribution in [0.1, 0.15) is 11.1 Å². The van der Waals surface area contributed by atoms with Crippen molar-refractivity contribution in [3.8, 4) is 5.75 Å². The van der Waals surface area contributed by atoms with E-state index in [0.717, 1.165) is 34.9 Å². The van der Waals surface area contributed by atoms with Crippen molar-refractivity contribution in [1.82, 2.24) is 5.32 Å². The Morgan fingerprint density at radius 3 is 3.13 bits per heavy atom. The smallest absolute Gasteiger partial charge is 0.189 e. The standard InChI is InChI=1S/C11H14ClNO2/c1-13-5-4-8-9-6-14-7-15-11(9)3-2-10(8)12/h2-3,13H,4-7H2,1H3. The topological polar surface area (TPSA) is 30.5 Å². The molecule has 1 heterocycles. The molecule has 0 spiro atoms. The maximum Gasteiger partial charge on any atom is 0.189 e. The Morgan fingerprint density at radius 1 is 1.47 bits per heavy atom. The van der Waals surface area contributed by atoms with Crippen LogP contribution in [-0.2, 0) is 17.8 Å². The van der Waals surface area contributed by atoms with Crippen LogP contribution in [0.15, 0.2) is 12.1 Å². The van der Waals surface area contributed by atoms with Crippen molar-refractivity contribution >= 4 is 11.6 Å². The number of hydrogen-bond donors (Lipinski definition) is 1. The van der Waals surface area contributed by atoms with Crippen LogP contribution in [0.2, 0.25) is 5.02 Å². The predicted octanol–water partition coefficient (Wildman–Crippen LogP) is 1.97. The zero-order chi connectivity index (χ0) is 10.7. The summed E-state index contributed by atoms with van der Waals surface area (Å²) in [5.74, 6) is 0.900. The molecule has 1 aromatic rings. The molecule has 0 saturated heterocycles. The minimum absolute atomic E-state index is 0.333. The fourth-order valence-corrected chi connectivity index (χ4v) is 1.98. The molecule has 1 aliphatic rings. The van der Waals surface area contributed by atoms with E-state index in [1.54, 1.807) is 0 Å². The van der Waals surface area contributed by atoms with Gasteiger partial charge >= 0.3 is 0 Å². The number of halogens is 1. The zero-order valence-electron chi connectivity index (χ0n) is 8.68. The summed E-state index contributed by atoms with van der Waals surface area (Å²) in [4.78, 5) is 0. The Balaban J connectivity index is 2.32. The molecule has 0 aliphatic carbocycles. The number of benzene rings is 1. The quantitative estimate of drug-likeness (QED) is 0.857. The van der Waals surface area contributed by atoms with Gasteiger partial charge in [-0.25, -0.2) is 0 Å². The van der Waals surface area contributed by atoms with Crippen LogP contribution >= 0.6 is 11.6 Å². The van der Waals surface area contributed by atoms with Crippen molar-refractivity contribution in [2.75, 3.05) is 20.4 Å². The van der Waals surface area contributed by atoms with Gasteiger partial charge in [0.1, 0.15) is 5.75 Å². The van der Waals surface area contributed by atoms with E-state index in [4.69, 9.17) is 21.1 Å². The van der Waals surface area contributed by atoms with Crippen molar-refractivity contribution in [2.24, 2.45) is 0 Å². The largest absolute Gasteiger partial charge is 0.467 e. The molecular formula is C11H14ClNO2. The van der Waals surface area contributed by atoms with Crippen LogP contribution in [0.4, 0.5) is 0 Å². The number of nitrogens with one attached hydrogen (secondary N) is 1. The summed E-state index contributed by atoms with van der Waals surface area (Å²) < 4.78 is 10.7. The molecule has 0 radical (unpaired) electrons. The highest BCUT2D eigenvalue weighted by atomic mass is 35.5. The summed E-state index contributed by atoms with van der Waals surface area (Å²) in [6.07, 6.45) is 0.894. The molecule has 0 amide bonds. The highest BCUT2D eigenvalue weighted by Gasteiger charge is 2.16. The highest BCUT2D eigenvalue weighted by Crippen LogP contribution is 2.31. The lowest BCUT2D eigenvalue weighted by Crippen LogP contribution is -2.16. The van der Waals surface area contributed by atoms with Crippen LogP contribution in [0.25, 0.3) is 0 Å². The van der Waals surface area contributed by atoms with E-state index >= 15 is 0 Å². The molecule has 1 aliphatic heterocycles. The van der Waals surface area contributed by atoms with Gasteiger partial charge in [-0.15, -0.1) is 0 Å². The van der Waals surface area contributed by atoms with Gasteiger partial charge < -0.3 is 14.8 Å². The third-order valence-electron chi connectivity index (χ3n) is 2.50. The maximum atomic E-state index is 6.16. The summed E-state index contributed by atoms with van der Waals surface area (Å²) in [5, 5.41) is 3.90. The van der Waals surface area contributed by atoms with Crippen molar-refractivity contribution in [3.05, 3.63) is 28.3 Å². The van der Waals surface area contributed by atoms with E-state index in [-0.39, 0.29) is 0 Å². The van der Waals surface area contributed by atoms with Crippen LogP contribution in [0, 0.1) is 0 Å². The molecule has 0 unspecified atom stereocenters. The zero-order valence-corrected chi connectivity index (χ0v) is 9.43. The van der Waals surface area contributed by atoms with Crippen LogP contribution in [0.5, 0.6) is 5.75 Å². The third kappa shape index (κ3) is 2.25. The molecule has 0 atom stereocenters. The van der Waals surface area contributed by atoms with Crippen molar-refractivity contribution in [3.63, 3.8) is 0 Å². The maximum absolute atomic E-state index is 6.16. The predicted molar refractivity (Wildman–Crippen MR) is 59.4 cm³/mol. The lowest BCUT2D eigenvalue weighted by atomic mass is 10.0. The van der Waals surface area contributed by atoms with Gasteiger partial charge in [-0.05, 0) is 37.7 Å². The Labute approximate surface area is 94.3 Å². The second kappa shape index (κ2) is 4.84. The number of likely N-dealkylation sites (N-methyl/N-ethyl adjacent to an activating group) is 1. The van der Waals surface area contributed by atoms with Gasteiger partial charge in [0.25, 0.3) is 0 Å². The molecule has 0 aromatic heterocycles. The van der Waals surface area contributed by atoms with Gasteiger partial charge in [0.05, 0.1) is 6.61 Å². The normalized spacial score (nSPS) is 14.5. The molecular weight excluding hydrogens is 214 g/mol. The van der Waals surface area contributed by atoms with Crippen molar-refractivity contribution in [2.45, 2.75) is 13.0 Å². The van der Waals surface area contributed by atoms with Crippen molar-refractivity contribution in [1.29, 1.82) is 0 Å². The number of ether oxygens (including phenoxy) is 2. The molecule has 1 aromatic carbocycles. The first kappa shape index (κ1) is 10.7. The van der Waals surface area contributed by atoms with Gasteiger partial charge in [0, 0.05) is 10.6 Å². The average Bonchev–Trinajstić information content (AvgIpc) is 2.28. The van der Waals surface area contributed by atoms with E-state index in [1.807, 2.05) is 19.2 Å². The first-order valence-corrected chi connectivity index (χ1v) is 5.36. The van der Waals surface area contributed by atoms with Crippen LogP contribution in [-0.4, -0.2) is 20.4 Å². The fourth-order valence-electron chi connectivity index (χ4n) is 1.71. The van der Waals surface area contributed by atoms with Gasteiger partial charge in [0.15, 0.2) is 6.79 Å². The average molecular weight is 228 g/mol. The number of fused-ring (bicyclic) bond motifs is 1. The van der Waals surface area contributed by atoms with Gasteiger partial charge in [0.2, 0.25) is 0 Å². The summed E-state index contributed by atoms with van der Waals surface area (Å²) in [6.45, 7) is 1.82. The SMILES string of the molecule is CNCCc1c(Cl)ccc2c1COCO2. The highest BCUT2D eigenvalue weighted by molar-refractivity contribution is 6.31. The monoisotopic (exact) mass is 227 g/mol. The number of hydrogen-bond acceptors (Lipinski definition) is 3. The van der Waals surface area contributed by atoms with E-state index in [0.29, 0.717) is 13.4 Å². The lowest BCUT2D eigenvalue weighted by molar-refractivity contribution is -0.0168. The minimum Gasteiger partial charge on any atom is -0.467 e. The van der Waals surface area contributed by atoms with Crippen molar-refractivity contribution < 1.29 is 9.47 Å². The first-order valence-electron chi connectivity index (χ1n) is 4.98.